The van der Waals surface area contributed by atoms with E-state index in [2.05, 4.69) is 17.6 Å². The molecular weight excluding hydrogens is 366 g/mol. The van der Waals surface area contributed by atoms with Crippen molar-refractivity contribution < 1.29 is 4.74 Å². The standard InChI is InChI=1S/C16H12ClN3O4S/c1-19-14(21)18-15(22)20(16(19)23)9-2-7-13(12(17)8-9)24-10-3-5-11(25)6-4-10/h2-8,25H,1H3,(H,18,21,22). The summed E-state index contributed by atoms with van der Waals surface area (Å²) in [4.78, 5) is 38.4. The number of aromatic amines is 1. The average molecular weight is 378 g/mol. The van der Waals surface area contributed by atoms with E-state index in [1.165, 1.54) is 25.2 Å². The summed E-state index contributed by atoms with van der Waals surface area (Å²) in [5.74, 6) is 0.913. The van der Waals surface area contributed by atoms with Crippen molar-refractivity contribution in [2.24, 2.45) is 7.05 Å². The van der Waals surface area contributed by atoms with Crippen LogP contribution in [0.1, 0.15) is 0 Å². The lowest BCUT2D eigenvalue weighted by atomic mass is 10.3. The summed E-state index contributed by atoms with van der Waals surface area (Å²) in [5.41, 5.74) is -2.19. The summed E-state index contributed by atoms with van der Waals surface area (Å²) >= 11 is 10.4. The van der Waals surface area contributed by atoms with Crippen molar-refractivity contribution in [3.63, 3.8) is 0 Å². The topological polar surface area (TPSA) is 86.1 Å². The lowest BCUT2D eigenvalue weighted by Gasteiger charge is -2.10. The van der Waals surface area contributed by atoms with E-state index in [0.29, 0.717) is 11.5 Å². The van der Waals surface area contributed by atoms with E-state index in [0.717, 1.165) is 14.0 Å². The van der Waals surface area contributed by atoms with Crippen molar-refractivity contribution >= 4 is 24.2 Å². The number of hydrogen-bond donors (Lipinski definition) is 2. The third-order valence-electron chi connectivity index (χ3n) is 3.44. The number of hydrogen-bond acceptors (Lipinski definition) is 5. The average Bonchev–Trinajstić information content (AvgIpc) is 2.57. The first-order chi connectivity index (χ1) is 11.9. The lowest BCUT2D eigenvalue weighted by molar-refractivity contribution is 0.482. The first kappa shape index (κ1) is 17.1. The highest BCUT2D eigenvalue weighted by Gasteiger charge is 2.12. The molecule has 1 heterocycles. The van der Waals surface area contributed by atoms with Gasteiger partial charge >= 0.3 is 17.1 Å². The monoisotopic (exact) mass is 377 g/mol. The lowest BCUT2D eigenvalue weighted by Crippen LogP contribution is -2.47. The number of thiol groups is 1. The van der Waals surface area contributed by atoms with Crippen LogP contribution in [0.3, 0.4) is 0 Å². The van der Waals surface area contributed by atoms with E-state index < -0.39 is 17.1 Å². The molecule has 25 heavy (non-hydrogen) atoms. The van der Waals surface area contributed by atoms with Crippen LogP contribution in [0.4, 0.5) is 0 Å². The Morgan fingerprint density at radius 1 is 1.04 bits per heavy atom. The van der Waals surface area contributed by atoms with Gasteiger partial charge in [0, 0.05) is 11.9 Å². The Hall–Kier alpha value is -2.71. The molecule has 0 saturated carbocycles. The summed E-state index contributed by atoms with van der Waals surface area (Å²) in [6, 6.07) is 11.4. The largest absolute Gasteiger partial charge is 0.456 e. The Morgan fingerprint density at radius 3 is 2.36 bits per heavy atom. The van der Waals surface area contributed by atoms with Gasteiger partial charge in [-0.25, -0.2) is 23.5 Å². The molecule has 0 atom stereocenters. The molecule has 0 amide bonds. The molecule has 1 N–H and O–H groups in total. The maximum atomic E-state index is 12.2. The number of nitrogens with zero attached hydrogens (tertiary/aromatic N) is 2. The van der Waals surface area contributed by atoms with Crippen molar-refractivity contribution in [2.75, 3.05) is 0 Å². The Kier molecular flexibility index (Phi) is 4.56. The fraction of sp³-hybridized carbons (Fsp3) is 0.0625. The minimum absolute atomic E-state index is 0.201. The van der Waals surface area contributed by atoms with E-state index >= 15 is 0 Å². The van der Waals surface area contributed by atoms with Crippen LogP contribution < -0.4 is 21.8 Å². The summed E-state index contributed by atoms with van der Waals surface area (Å²) in [5, 5.41) is 0.201. The molecule has 0 radical (unpaired) electrons. The van der Waals surface area contributed by atoms with Gasteiger partial charge in [-0.05, 0) is 42.5 Å². The minimum Gasteiger partial charge on any atom is -0.456 e. The Morgan fingerprint density at radius 2 is 1.72 bits per heavy atom. The van der Waals surface area contributed by atoms with Gasteiger partial charge in [-0.3, -0.25) is 4.98 Å². The molecule has 0 fully saturated rings. The summed E-state index contributed by atoms with van der Waals surface area (Å²) in [7, 11) is 1.27. The zero-order chi connectivity index (χ0) is 18.1. The number of aromatic nitrogens is 3. The van der Waals surface area contributed by atoms with Crippen LogP contribution >= 0.6 is 24.2 Å². The SMILES string of the molecule is Cn1c(=O)[nH]c(=O)n(-c2ccc(Oc3ccc(S)cc3)c(Cl)c2)c1=O. The Balaban J connectivity index is 2.02. The molecule has 0 bridgehead atoms. The predicted molar refractivity (Wildman–Crippen MR) is 96.7 cm³/mol. The van der Waals surface area contributed by atoms with Gasteiger partial charge in [-0.15, -0.1) is 12.6 Å². The maximum absolute atomic E-state index is 12.2. The van der Waals surface area contributed by atoms with Gasteiger partial charge in [-0.2, -0.15) is 0 Å². The molecule has 0 spiro atoms. The number of halogens is 1. The molecule has 128 valence electrons. The van der Waals surface area contributed by atoms with E-state index in [4.69, 9.17) is 16.3 Å². The van der Waals surface area contributed by atoms with Gasteiger partial charge in [-0.1, -0.05) is 11.6 Å². The highest BCUT2D eigenvalue weighted by molar-refractivity contribution is 7.80. The Labute approximate surface area is 151 Å². The quantitative estimate of drug-likeness (QED) is 0.683. The molecule has 3 aromatic rings. The van der Waals surface area contributed by atoms with Gasteiger partial charge in [0.15, 0.2) is 0 Å². The fourth-order valence-electron chi connectivity index (χ4n) is 2.14. The predicted octanol–water partition coefficient (Wildman–Crippen LogP) is 1.96. The van der Waals surface area contributed by atoms with Crippen LogP contribution in [-0.2, 0) is 7.05 Å². The molecule has 1 aromatic heterocycles. The normalized spacial score (nSPS) is 10.7. The zero-order valence-corrected chi connectivity index (χ0v) is 14.5. The van der Waals surface area contributed by atoms with Crippen LogP contribution in [-0.4, -0.2) is 14.1 Å². The molecule has 2 aromatic carbocycles. The van der Waals surface area contributed by atoms with Gasteiger partial charge < -0.3 is 4.74 Å². The maximum Gasteiger partial charge on any atom is 0.340 e. The van der Waals surface area contributed by atoms with Gasteiger partial charge in [0.05, 0.1) is 10.7 Å². The molecule has 0 aliphatic carbocycles. The van der Waals surface area contributed by atoms with Crippen LogP contribution in [0.25, 0.3) is 5.69 Å². The first-order valence-electron chi connectivity index (χ1n) is 7.06. The Bertz CT molecular complexity index is 1120. The van der Waals surface area contributed by atoms with E-state index in [9.17, 15) is 14.4 Å². The van der Waals surface area contributed by atoms with Gasteiger partial charge in [0.25, 0.3) is 0 Å². The van der Waals surface area contributed by atoms with Crippen LogP contribution in [0.15, 0.2) is 61.7 Å². The molecule has 0 unspecified atom stereocenters. The zero-order valence-electron chi connectivity index (χ0n) is 12.9. The summed E-state index contributed by atoms with van der Waals surface area (Å²) in [6.45, 7) is 0. The highest BCUT2D eigenvalue weighted by atomic mass is 35.5. The molecular formula is C16H12ClN3O4S. The van der Waals surface area contributed by atoms with Gasteiger partial charge in [0.1, 0.15) is 11.5 Å². The van der Waals surface area contributed by atoms with Crippen molar-refractivity contribution in [2.45, 2.75) is 4.90 Å². The molecule has 9 heteroatoms. The second kappa shape index (κ2) is 6.66. The van der Waals surface area contributed by atoms with Crippen LogP contribution in [0.5, 0.6) is 11.5 Å². The minimum atomic E-state index is -0.845. The number of H-pyrrole nitrogens is 1. The third kappa shape index (κ3) is 3.40. The number of benzene rings is 2. The second-order valence-corrected chi connectivity index (χ2v) is 6.05. The summed E-state index contributed by atoms with van der Waals surface area (Å²) < 4.78 is 7.27. The van der Waals surface area contributed by atoms with Crippen LogP contribution in [0.2, 0.25) is 5.02 Å². The van der Waals surface area contributed by atoms with Gasteiger partial charge in [0.2, 0.25) is 0 Å². The van der Waals surface area contributed by atoms with Crippen molar-refractivity contribution in [3.8, 4) is 17.2 Å². The number of rotatable bonds is 3. The molecule has 0 saturated heterocycles. The highest BCUT2D eigenvalue weighted by Crippen LogP contribution is 2.31. The number of nitrogens with one attached hydrogen (secondary N) is 1. The van der Waals surface area contributed by atoms with E-state index in [-0.39, 0.29) is 10.7 Å². The molecule has 3 rings (SSSR count). The molecule has 0 aliphatic rings. The smallest absolute Gasteiger partial charge is 0.340 e. The first-order valence-corrected chi connectivity index (χ1v) is 7.88. The summed E-state index contributed by atoms with van der Waals surface area (Å²) in [6.07, 6.45) is 0. The second-order valence-electron chi connectivity index (χ2n) is 5.12. The van der Waals surface area contributed by atoms with Crippen molar-refractivity contribution in [1.82, 2.24) is 14.1 Å². The fourth-order valence-corrected chi connectivity index (χ4v) is 2.50. The van der Waals surface area contributed by atoms with E-state index in [1.54, 1.807) is 24.3 Å². The number of ether oxygens (including phenoxy) is 1. The van der Waals surface area contributed by atoms with Crippen LogP contribution in [0, 0.1) is 0 Å². The van der Waals surface area contributed by atoms with Crippen molar-refractivity contribution in [1.29, 1.82) is 0 Å². The third-order valence-corrected chi connectivity index (χ3v) is 4.03. The molecule has 0 aliphatic heterocycles. The van der Waals surface area contributed by atoms with E-state index in [1.807, 2.05) is 0 Å². The molecule has 7 nitrogen and oxygen atoms in total. The van der Waals surface area contributed by atoms with Crippen molar-refractivity contribution in [3.05, 3.63) is 78.9 Å².